The minimum Gasteiger partial charge on any atom is -0.314 e. The Morgan fingerprint density at radius 3 is 2.57 bits per heavy atom. The topological polar surface area (TPSA) is 24.1 Å². The predicted octanol–water partition coefficient (Wildman–Crippen LogP) is 0.930. The zero-order valence-electron chi connectivity index (χ0n) is 8.09. The molecule has 1 aromatic rings. The molecule has 0 aliphatic carbocycles. The lowest BCUT2D eigenvalue weighted by atomic mass is 10.1. The summed E-state index contributed by atoms with van der Waals surface area (Å²) in [4.78, 5) is 0. The molecular formula is C11H15FN2. The van der Waals surface area contributed by atoms with Gasteiger partial charge in [0.05, 0.1) is 0 Å². The summed E-state index contributed by atoms with van der Waals surface area (Å²) in [6.45, 7) is 3.12. The van der Waals surface area contributed by atoms with E-state index in [0.29, 0.717) is 6.04 Å². The summed E-state index contributed by atoms with van der Waals surface area (Å²) in [6, 6.07) is 7.35. The van der Waals surface area contributed by atoms with Gasteiger partial charge >= 0.3 is 0 Å². The highest BCUT2D eigenvalue weighted by atomic mass is 19.1. The van der Waals surface area contributed by atoms with Crippen molar-refractivity contribution in [3.8, 4) is 0 Å². The van der Waals surface area contributed by atoms with Crippen molar-refractivity contribution in [2.45, 2.75) is 12.5 Å². The molecule has 0 saturated carbocycles. The van der Waals surface area contributed by atoms with E-state index in [2.05, 4.69) is 10.6 Å². The second kappa shape index (κ2) is 4.53. The Morgan fingerprint density at radius 1 is 1.29 bits per heavy atom. The van der Waals surface area contributed by atoms with Crippen LogP contribution in [0.5, 0.6) is 0 Å². The average Bonchev–Trinajstić information content (AvgIpc) is 2.12. The van der Waals surface area contributed by atoms with Crippen LogP contribution in [0, 0.1) is 5.82 Å². The number of hydrogen-bond acceptors (Lipinski definition) is 2. The first kappa shape index (κ1) is 9.62. The maximum absolute atomic E-state index is 12.6. The molecule has 0 atom stereocenters. The van der Waals surface area contributed by atoms with E-state index in [0.717, 1.165) is 26.1 Å². The van der Waals surface area contributed by atoms with Crippen molar-refractivity contribution >= 4 is 0 Å². The molecule has 1 heterocycles. The fraction of sp³-hybridized carbons (Fsp3) is 0.455. The Hall–Kier alpha value is -0.930. The van der Waals surface area contributed by atoms with Crippen molar-refractivity contribution in [2.24, 2.45) is 0 Å². The Labute approximate surface area is 83.5 Å². The van der Waals surface area contributed by atoms with Gasteiger partial charge in [0.1, 0.15) is 5.82 Å². The quantitative estimate of drug-likeness (QED) is 0.745. The predicted molar refractivity (Wildman–Crippen MR) is 54.8 cm³/mol. The molecule has 76 valence electrons. The van der Waals surface area contributed by atoms with Gasteiger partial charge in [-0.15, -0.1) is 0 Å². The molecule has 0 bridgehead atoms. The number of nitrogens with one attached hydrogen (secondary N) is 2. The van der Waals surface area contributed by atoms with Gasteiger partial charge in [-0.05, 0) is 30.7 Å². The Morgan fingerprint density at radius 2 is 2.00 bits per heavy atom. The summed E-state index contributed by atoms with van der Waals surface area (Å²) in [7, 11) is 0. The van der Waals surface area contributed by atoms with E-state index in [9.17, 15) is 4.39 Å². The van der Waals surface area contributed by atoms with Gasteiger partial charge in [-0.1, -0.05) is 12.1 Å². The normalized spacial score (nSPS) is 16.6. The second-order valence-electron chi connectivity index (χ2n) is 3.69. The van der Waals surface area contributed by atoms with E-state index in [1.54, 1.807) is 0 Å². The number of rotatable bonds is 4. The Bertz CT molecular complexity index is 280. The van der Waals surface area contributed by atoms with Crippen LogP contribution in [0.4, 0.5) is 4.39 Å². The van der Waals surface area contributed by atoms with Gasteiger partial charge in [-0.3, -0.25) is 0 Å². The molecule has 2 rings (SSSR count). The minimum atomic E-state index is -0.162. The van der Waals surface area contributed by atoms with Crippen LogP contribution >= 0.6 is 0 Å². The first-order chi connectivity index (χ1) is 6.84. The summed E-state index contributed by atoms with van der Waals surface area (Å²) in [5, 5.41) is 6.63. The van der Waals surface area contributed by atoms with Crippen molar-refractivity contribution in [2.75, 3.05) is 19.6 Å². The van der Waals surface area contributed by atoms with Gasteiger partial charge in [0, 0.05) is 19.1 Å². The highest BCUT2D eigenvalue weighted by Gasteiger charge is 2.14. The third-order valence-corrected chi connectivity index (χ3v) is 2.54. The van der Waals surface area contributed by atoms with Gasteiger partial charge < -0.3 is 10.6 Å². The molecule has 1 aliphatic rings. The van der Waals surface area contributed by atoms with Crippen LogP contribution in [0.1, 0.15) is 5.56 Å². The molecule has 2 nitrogen and oxygen atoms in total. The number of halogens is 1. The van der Waals surface area contributed by atoms with E-state index < -0.39 is 0 Å². The lowest BCUT2D eigenvalue weighted by Crippen LogP contribution is -2.55. The fourth-order valence-electron chi connectivity index (χ4n) is 1.50. The molecule has 0 unspecified atom stereocenters. The summed E-state index contributed by atoms with van der Waals surface area (Å²) < 4.78 is 12.6. The largest absolute Gasteiger partial charge is 0.314 e. The lowest BCUT2D eigenvalue weighted by Gasteiger charge is -2.28. The van der Waals surface area contributed by atoms with E-state index in [-0.39, 0.29) is 5.82 Å². The van der Waals surface area contributed by atoms with Crippen molar-refractivity contribution in [1.29, 1.82) is 0 Å². The Balaban J connectivity index is 1.71. The van der Waals surface area contributed by atoms with E-state index in [1.807, 2.05) is 12.1 Å². The molecule has 1 fully saturated rings. The third kappa shape index (κ3) is 2.53. The van der Waals surface area contributed by atoms with Crippen LogP contribution in [-0.2, 0) is 6.42 Å². The molecular weight excluding hydrogens is 179 g/mol. The van der Waals surface area contributed by atoms with E-state index in [1.165, 1.54) is 17.7 Å². The summed E-state index contributed by atoms with van der Waals surface area (Å²) >= 11 is 0. The monoisotopic (exact) mass is 194 g/mol. The van der Waals surface area contributed by atoms with Crippen LogP contribution < -0.4 is 10.6 Å². The third-order valence-electron chi connectivity index (χ3n) is 2.54. The van der Waals surface area contributed by atoms with E-state index in [4.69, 9.17) is 0 Å². The molecule has 1 saturated heterocycles. The van der Waals surface area contributed by atoms with E-state index >= 15 is 0 Å². The van der Waals surface area contributed by atoms with Gasteiger partial charge in [0.25, 0.3) is 0 Å². The maximum atomic E-state index is 12.6. The molecule has 3 heteroatoms. The van der Waals surface area contributed by atoms with Gasteiger partial charge in [-0.25, -0.2) is 4.39 Å². The summed E-state index contributed by atoms with van der Waals surface area (Å²) in [5.74, 6) is -0.162. The zero-order valence-corrected chi connectivity index (χ0v) is 8.09. The maximum Gasteiger partial charge on any atom is 0.123 e. The van der Waals surface area contributed by atoms with Crippen molar-refractivity contribution < 1.29 is 4.39 Å². The first-order valence-electron chi connectivity index (χ1n) is 5.03. The molecule has 1 aliphatic heterocycles. The highest BCUT2D eigenvalue weighted by molar-refractivity contribution is 5.16. The molecule has 0 amide bonds. The van der Waals surface area contributed by atoms with Crippen LogP contribution in [0.3, 0.4) is 0 Å². The second-order valence-corrected chi connectivity index (χ2v) is 3.69. The molecule has 0 radical (unpaired) electrons. The van der Waals surface area contributed by atoms with Gasteiger partial charge in [-0.2, -0.15) is 0 Å². The first-order valence-corrected chi connectivity index (χ1v) is 5.03. The van der Waals surface area contributed by atoms with Crippen LogP contribution in [0.15, 0.2) is 24.3 Å². The summed E-state index contributed by atoms with van der Waals surface area (Å²) in [6.07, 6.45) is 0.969. The molecule has 0 spiro atoms. The molecule has 14 heavy (non-hydrogen) atoms. The number of benzene rings is 1. The van der Waals surface area contributed by atoms with Gasteiger partial charge in [0.2, 0.25) is 0 Å². The van der Waals surface area contributed by atoms with Crippen molar-refractivity contribution in [3.63, 3.8) is 0 Å². The van der Waals surface area contributed by atoms with Gasteiger partial charge in [0.15, 0.2) is 0 Å². The van der Waals surface area contributed by atoms with Crippen LogP contribution in [0.25, 0.3) is 0 Å². The SMILES string of the molecule is Fc1ccc(CCNC2CNC2)cc1. The van der Waals surface area contributed by atoms with Crippen LogP contribution in [-0.4, -0.2) is 25.7 Å². The number of hydrogen-bond donors (Lipinski definition) is 2. The van der Waals surface area contributed by atoms with Crippen molar-refractivity contribution in [1.82, 2.24) is 10.6 Å². The molecule has 1 aromatic carbocycles. The molecule has 2 N–H and O–H groups in total. The average molecular weight is 194 g/mol. The Kier molecular flexibility index (Phi) is 3.11. The minimum absolute atomic E-state index is 0.162. The van der Waals surface area contributed by atoms with Crippen LogP contribution in [0.2, 0.25) is 0 Å². The smallest absolute Gasteiger partial charge is 0.123 e. The standard InChI is InChI=1S/C11H15FN2/c12-10-3-1-9(2-4-10)5-6-14-11-7-13-8-11/h1-4,11,13-14H,5-8H2. The summed E-state index contributed by atoms with van der Waals surface area (Å²) in [5.41, 5.74) is 1.19. The molecule has 0 aromatic heterocycles. The highest BCUT2D eigenvalue weighted by Crippen LogP contribution is 2.03. The fourth-order valence-corrected chi connectivity index (χ4v) is 1.50. The zero-order chi connectivity index (χ0) is 9.80. The van der Waals surface area contributed by atoms with Crippen molar-refractivity contribution in [3.05, 3.63) is 35.6 Å². The lowest BCUT2D eigenvalue weighted by molar-refractivity contribution is 0.369.